The number of nitrogens with zero attached hydrogens (tertiary/aromatic N) is 1. The van der Waals surface area contributed by atoms with Gasteiger partial charge < -0.3 is 15.3 Å². The predicted octanol–water partition coefficient (Wildman–Crippen LogP) is 2.50. The summed E-state index contributed by atoms with van der Waals surface area (Å²) in [5.41, 5.74) is 2.14. The molecule has 0 spiro atoms. The maximum absolute atomic E-state index is 12.1. The second kappa shape index (κ2) is 6.61. The maximum atomic E-state index is 12.1. The van der Waals surface area contributed by atoms with Crippen LogP contribution in [0.5, 0.6) is 0 Å². The van der Waals surface area contributed by atoms with E-state index in [-0.39, 0.29) is 6.03 Å². The standard InChI is InChI=1S/C16H22N2O3/c1-3-11(2)9-17-16(21)18-8-7-13-12(10-18)5-4-6-14(13)15(19)20/h4-6,11H,3,7-10H2,1-2H3,(H,17,21)(H,19,20). The second-order valence-corrected chi connectivity index (χ2v) is 5.62. The fraction of sp³-hybridized carbons (Fsp3) is 0.500. The van der Waals surface area contributed by atoms with E-state index in [2.05, 4.69) is 19.2 Å². The van der Waals surface area contributed by atoms with Gasteiger partial charge in [0.25, 0.3) is 0 Å². The minimum Gasteiger partial charge on any atom is -0.478 e. The zero-order chi connectivity index (χ0) is 15.4. The van der Waals surface area contributed by atoms with Crippen molar-refractivity contribution in [2.75, 3.05) is 13.1 Å². The van der Waals surface area contributed by atoms with E-state index in [1.54, 1.807) is 17.0 Å². The summed E-state index contributed by atoms with van der Waals surface area (Å²) in [6.07, 6.45) is 1.62. The van der Waals surface area contributed by atoms with Gasteiger partial charge in [0.1, 0.15) is 0 Å². The number of amides is 2. The molecule has 1 atom stereocenters. The van der Waals surface area contributed by atoms with Crippen LogP contribution >= 0.6 is 0 Å². The van der Waals surface area contributed by atoms with Gasteiger partial charge >= 0.3 is 12.0 Å². The highest BCUT2D eigenvalue weighted by molar-refractivity contribution is 5.90. The van der Waals surface area contributed by atoms with Gasteiger partial charge in [-0.1, -0.05) is 32.4 Å². The number of benzene rings is 1. The van der Waals surface area contributed by atoms with Crippen molar-refractivity contribution >= 4 is 12.0 Å². The lowest BCUT2D eigenvalue weighted by Crippen LogP contribution is -2.44. The van der Waals surface area contributed by atoms with Crippen LogP contribution in [0.2, 0.25) is 0 Å². The van der Waals surface area contributed by atoms with Crippen molar-refractivity contribution in [3.8, 4) is 0 Å². The van der Waals surface area contributed by atoms with E-state index in [9.17, 15) is 14.7 Å². The molecule has 114 valence electrons. The first-order valence-corrected chi connectivity index (χ1v) is 7.39. The lowest BCUT2D eigenvalue weighted by Gasteiger charge is -2.30. The molecular weight excluding hydrogens is 268 g/mol. The molecule has 1 aliphatic rings. The van der Waals surface area contributed by atoms with Crippen molar-refractivity contribution in [1.29, 1.82) is 0 Å². The zero-order valence-electron chi connectivity index (χ0n) is 12.6. The Labute approximate surface area is 125 Å². The minimum atomic E-state index is -0.901. The van der Waals surface area contributed by atoms with E-state index >= 15 is 0 Å². The molecule has 1 aliphatic heterocycles. The van der Waals surface area contributed by atoms with Crippen molar-refractivity contribution in [2.45, 2.75) is 33.2 Å². The highest BCUT2D eigenvalue weighted by Gasteiger charge is 2.24. The van der Waals surface area contributed by atoms with Crippen LogP contribution < -0.4 is 5.32 Å². The van der Waals surface area contributed by atoms with Gasteiger partial charge in [0.05, 0.1) is 5.56 Å². The summed E-state index contributed by atoms with van der Waals surface area (Å²) in [6.45, 7) is 5.91. The van der Waals surface area contributed by atoms with Crippen LogP contribution in [0, 0.1) is 5.92 Å². The summed E-state index contributed by atoms with van der Waals surface area (Å²) in [5.74, 6) is -0.439. The van der Waals surface area contributed by atoms with Gasteiger partial charge in [0, 0.05) is 19.6 Å². The number of rotatable bonds is 4. The highest BCUT2D eigenvalue weighted by Crippen LogP contribution is 2.22. The monoisotopic (exact) mass is 290 g/mol. The number of hydrogen-bond donors (Lipinski definition) is 2. The SMILES string of the molecule is CCC(C)CNC(=O)N1CCc2c(cccc2C(=O)O)C1. The fourth-order valence-electron chi connectivity index (χ4n) is 2.50. The largest absolute Gasteiger partial charge is 0.478 e. The normalized spacial score (nSPS) is 15.2. The summed E-state index contributed by atoms with van der Waals surface area (Å²) in [4.78, 5) is 25.1. The maximum Gasteiger partial charge on any atom is 0.335 e. The van der Waals surface area contributed by atoms with Crippen molar-refractivity contribution in [1.82, 2.24) is 10.2 Å². The van der Waals surface area contributed by atoms with Gasteiger partial charge in [-0.15, -0.1) is 0 Å². The van der Waals surface area contributed by atoms with Crippen LogP contribution in [-0.4, -0.2) is 35.1 Å². The Morgan fingerprint density at radius 1 is 1.43 bits per heavy atom. The van der Waals surface area contributed by atoms with E-state index in [4.69, 9.17) is 0 Å². The van der Waals surface area contributed by atoms with Crippen LogP contribution in [-0.2, 0) is 13.0 Å². The summed E-state index contributed by atoms with van der Waals surface area (Å²) in [5, 5.41) is 12.1. The van der Waals surface area contributed by atoms with Crippen LogP contribution in [0.1, 0.15) is 41.8 Å². The van der Waals surface area contributed by atoms with Gasteiger partial charge in [0.15, 0.2) is 0 Å². The molecule has 0 bridgehead atoms. The van der Waals surface area contributed by atoms with E-state index in [0.29, 0.717) is 37.5 Å². The third-order valence-corrected chi connectivity index (χ3v) is 4.08. The Morgan fingerprint density at radius 2 is 2.19 bits per heavy atom. The predicted molar refractivity (Wildman–Crippen MR) is 80.4 cm³/mol. The van der Waals surface area contributed by atoms with Crippen molar-refractivity contribution in [3.63, 3.8) is 0 Å². The van der Waals surface area contributed by atoms with Gasteiger partial charge in [0.2, 0.25) is 0 Å². The number of hydrogen-bond acceptors (Lipinski definition) is 2. The lowest BCUT2D eigenvalue weighted by molar-refractivity contribution is 0.0695. The van der Waals surface area contributed by atoms with Crippen molar-refractivity contribution in [3.05, 3.63) is 34.9 Å². The first-order valence-electron chi connectivity index (χ1n) is 7.39. The van der Waals surface area contributed by atoms with Crippen molar-refractivity contribution < 1.29 is 14.7 Å². The van der Waals surface area contributed by atoms with Gasteiger partial charge in [-0.2, -0.15) is 0 Å². The highest BCUT2D eigenvalue weighted by atomic mass is 16.4. The molecule has 0 saturated carbocycles. The third kappa shape index (κ3) is 3.54. The Bertz CT molecular complexity index is 542. The molecule has 2 amide bonds. The fourth-order valence-corrected chi connectivity index (χ4v) is 2.50. The summed E-state index contributed by atoms with van der Waals surface area (Å²) < 4.78 is 0. The number of carboxylic acids is 1. The van der Waals surface area contributed by atoms with E-state index < -0.39 is 5.97 Å². The lowest BCUT2D eigenvalue weighted by atomic mass is 9.94. The molecule has 1 unspecified atom stereocenters. The average molecular weight is 290 g/mol. The number of carboxylic acid groups (broad SMARTS) is 1. The molecular formula is C16H22N2O3. The van der Waals surface area contributed by atoms with Crippen LogP contribution in [0.4, 0.5) is 4.79 Å². The molecule has 5 nitrogen and oxygen atoms in total. The number of urea groups is 1. The number of aromatic carboxylic acids is 1. The molecule has 1 heterocycles. The average Bonchev–Trinajstić information content (AvgIpc) is 2.50. The quantitative estimate of drug-likeness (QED) is 0.895. The first-order chi connectivity index (χ1) is 10.0. The Hall–Kier alpha value is -2.04. The third-order valence-electron chi connectivity index (χ3n) is 4.08. The van der Waals surface area contributed by atoms with Crippen LogP contribution in [0.15, 0.2) is 18.2 Å². The molecule has 5 heteroatoms. The molecule has 0 saturated heterocycles. The minimum absolute atomic E-state index is 0.0679. The number of carbonyl (C=O) groups excluding carboxylic acids is 1. The summed E-state index contributed by atoms with van der Waals surface area (Å²) >= 11 is 0. The molecule has 1 aromatic carbocycles. The van der Waals surface area contributed by atoms with Gasteiger partial charge in [-0.3, -0.25) is 0 Å². The molecule has 21 heavy (non-hydrogen) atoms. The topological polar surface area (TPSA) is 69.6 Å². The molecule has 0 aromatic heterocycles. The Balaban J connectivity index is 2.04. The van der Waals surface area contributed by atoms with E-state index in [1.165, 1.54) is 0 Å². The molecule has 2 rings (SSSR count). The number of fused-ring (bicyclic) bond motifs is 1. The zero-order valence-corrected chi connectivity index (χ0v) is 12.6. The number of nitrogens with one attached hydrogen (secondary N) is 1. The summed E-state index contributed by atoms with van der Waals surface area (Å²) in [7, 11) is 0. The van der Waals surface area contributed by atoms with Crippen LogP contribution in [0.3, 0.4) is 0 Å². The number of carbonyl (C=O) groups is 2. The molecule has 0 aliphatic carbocycles. The Kier molecular flexibility index (Phi) is 4.83. The van der Waals surface area contributed by atoms with E-state index in [1.807, 2.05) is 6.07 Å². The van der Waals surface area contributed by atoms with Gasteiger partial charge in [-0.25, -0.2) is 9.59 Å². The van der Waals surface area contributed by atoms with E-state index in [0.717, 1.165) is 17.5 Å². The first kappa shape index (κ1) is 15.4. The van der Waals surface area contributed by atoms with Gasteiger partial charge in [-0.05, 0) is 29.5 Å². The molecule has 2 N–H and O–H groups in total. The second-order valence-electron chi connectivity index (χ2n) is 5.62. The van der Waals surface area contributed by atoms with Crippen molar-refractivity contribution in [2.24, 2.45) is 5.92 Å². The molecule has 0 radical (unpaired) electrons. The summed E-state index contributed by atoms with van der Waals surface area (Å²) in [6, 6.07) is 5.19. The Morgan fingerprint density at radius 3 is 2.86 bits per heavy atom. The smallest absolute Gasteiger partial charge is 0.335 e. The molecule has 1 aromatic rings. The van der Waals surface area contributed by atoms with Crippen LogP contribution in [0.25, 0.3) is 0 Å². The molecule has 0 fully saturated rings.